The number of thiol groups is 1. The van der Waals surface area contributed by atoms with Crippen LogP contribution in [0.1, 0.15) is 66.5 Å². The Morgan fingerprint density at radius 3 is 2.67 bits per heavy atom. The standard InChI is InChI=1S/C26H41N4O6PS2Si/c1-15(2)16-9-10-26(6,38)19(11-16)36-37(39)35-17-12-20(34-18(17)13-33-40(7,8)25(3,4)5)30-14-27-21-22(30)28-24(32)29-23(21)31/h14,16-20H,1,9-13H2,2-8H3,(H2-,28,29,31,32,38)/p+1/t16-,17+,18-,19+,20-,26+/m1/s1. The lowest BCUT2D eigenvalue weighted by atomic mass is 9.77. The summed E-state index contributed by atoms with van der Waals surface area (Å²) in [5.41, 5.74) is 0.401. The lowest BCUT2D eigenvalue weighted by Gasteiger charge is -2.38. The number of hydrogen-bond donors (Lipinski definition) is 3. The Morgan fingerprint density at radius 2 is 2.02 bits per heavy atom. The van der Waals surface area contributed by atoms with E-state index in [1.807, 2.05) is 0 Å². The van der Waals surface area contributed by atoms with Crippen molar-refractivity contribution in [2.45, 2.75) is 108 Å². The first-order valence-electron chi connectivity index (χ1n) is 13.7. The number of rotatable bonds is 9. The lowest BCUT2D eigenvalue weighted by molar-refractivity contribution is -0.0371. The van der Waals surface area contributed by atoms with E-state index in [9.17, 15) is 9.59 Å². The Labute approximate surface area is 247 Å². The molecule has 222 valence electrons. The van der Waals surface area contributed by atoms with E-state index in [1.54, 1.807) is 4.57 Å². The Bertz CT molecular complexity index is 1380. The van der Waals surface area contributed by atoms with E-state index in [0.29, 0.717) is 24.6 Å². The summed E-state index contributed by atoms with van der Waals surface area (Å²) in [7, 11) is -3.76. The highest BCUT2D eigenvalue weighted by Gasteiger charge is 2.47. The van der Waals surface area contributed by atoms with Crippen molar-refractivity contribution in [2.75, 3.05) is 6.61 Å². The van der Waals surface area contributed by atoms with Crippen molar-refractivity contribution < 1.29 is 18.2 Å². The molecule has 10 nitrogen and oxygen atoms in total. The van der Waals surface area contributed by atoms with Crippen LogP contribution in [0, 0.1) is 5.92 Å². The van der Waals surface area contributed by atoms with Gasteiger partial charge in [-0.2, -0.15) is 12.6 Å². The van der Waals surface area contributed by atoms with Gasteiger partial charge in [0.1, 0.15) is 30.2 Å². The van der Waals surface area contributed by atoms with E-state index >= 15 is 0 Å². The highest BCUT2D eigenvalue weighted by molar-refractivity contribution is 8.00. The maximum atomic E-state index is 12.2. The fraction of sp³-hybridized carbons (Fsp3) is 0.731. The van der Waals surface area contributed by atoms with Gasteiger partial charge in [-0.05, 0) is 57.2 Å². The van der Waals surface area contributed by atoms with Gasteiger partial charge < -0.3 is 9.16 Å². The molecule has 2 aliphatic rings. The Hall–Kier alpha value is -1.18. The van der Waals surface area contributed by atoms with Gasteiger partial charge in [-0.3, -0.25) is 19.3 Å². The summed E-state index contributed by atoms with van der Waals surface area (Å²) >= 11 is 10.7. The van der Waals surface area contributed by atoms with Crippen LogP contribution < -0.4 is 11.2 Å². The van der Waals surface area contributed by atoms with Crippen LogP contribution in [0.15, 0.2) is 28.1 Å². The summed E-state index contributed by atoms with van der Waals surface area (Å²) in [6, 6.07) is 0. The smallest absolute Gasteiger partial charge is 0.414 e. The predicted octanol–water partition coefficient (Wildman–Crippen LogP) is 5.33. The summed E-state index contributed by atoms with van der Waals surface area (Å²) in [5.74, 6) is 0.369. The van der Waals surface area contributed by atoms with Crippen LogP contribution in [0.3, 0.4) is 0 Å². The number of allylic oxidation sites excluding steroid dienone is 1. The van der Waals surface area contributed by atoms with Crippen LogP contribution in [-0.4, -0.2) is 57.5 Å². The van der Waals surface area contributed by atoms with Gasteiger partial charge in [0.25, 0.3) is 5.56 Å². The van der Waals surface area contributed by atoms with Gasteiger partial charge in [-0.1, -0.05) is 32.9 Å². The van der Waals surface area contributed by atoms with Crippen LogP contribution in [-0.2, 0) is 30.0 Å². The molecule has 3 heterocycles. The van der Waals surface area contributed by atoms with E-state index in [4.69, 9.17) is 42.6 Å². The molecule has 7 atom stereocenters. The zero-order valence-corrected chi connectivity index (χ0v) is 28.0. The van der Waals surface area contributed by atoms with Crippen molar-refractivity contribution >= 4 is 51.1 Å². The fourth-order valence-electron chi connectivity index (χ4n) is 4.91. The summed E-state index contributed by atoms with van der Waals surface area (Å²) in [6.45, 7) is 19.5. The molecule has 0 bridgehead atoms. The Morgan fingerprint density at radius 1 is 1.32 bits per heavy atom. The summed E-state index contributed by atoms with van der Waals surface area (Å²) in [5, 5.41) is 0.0218. The average Bonchev–Trinajstić information content (AvgIpc) is 3.42. The first-order valence-corrected chi connectivity index (χ1v) is 19.2. The largest absolute Gasteiger partial charge is 0.522 e. The monoisotopic (exact) mass is 629 g/mol. The number of aromatic amines is 2. The minimum absolute atomic E-state index is 0.0218. The maximum absolute atomic E-state index is 12.2. The van der Waals surface area contributed by atoms with Crippen molar-refractivity contribution in [1.82, 2.24) is 19.5 Å². The zero-order chi connectivity index (χ0) is 29.6. The highest BCUT2D eigenvalue weighted by Crippen LogP contribution is 2.47. The zero-order valence-electron chi connectivity index (χ0n) is 24.4. The van der Waals surface area contributed by atoms with Crippen LogP contribution in [0.2, 0.25) is 18.1 Å². The van der Waals surface area contributed by atoms with E-state index in [1.165, 1.54) is 6.33 Å². The lowest BCUT2D eigenvalue weighted by Crippen LogP contribution is -2.44. The molecule has 0 amide bonds. The summed E-state index contributed by atoms with van der Waals surface area (Å²) in [6.07, 6.45) is 3.09. The number of aromatic nitrogens is 4. The molecule has 1 aliphatic heterocycles. The number of H-pyrrole nitrogens is 2. The molecule has 1 unspecified atom stereocenters. The maximum Gasteiger partial charge on any atom is 0.522 e. The molecular formula is C26H42N4O6PS2Si+. The molecular weight excluding hydrogens is 588 g/mol. The van der Waals surface area contributed by atoms with Gasteiger partial charge in [0.05, 0.1) is 12.9 Å². The predicted molar refractivity (Wildman–Crippen MR) is 166 cm³/mol. The van der Waals surface area contributed by atoms with E-state index in [0.717, 1.165) is 24.8 Å². The third-order valence-electron chi connectivity index (χ3n) is 8.70. The van der Waals surface area contributed by atoms with E-state index in [-0.39, 0.29) is 21.4 Å². The molecule has 0 spiro atoms. The summed E-state index contributed by atoms with van der Waals surface area (Å²) in [4.78, 5) is 33.3. The van der Waals surface area contributed by atoms with Crippen LogP contribution >= 0.6 is 19.8 Å². The molecule has 0 aromatic carbocycles. The van der Waals surface area contributed by atoms with Crippen molar-refractivity contribution in [3.63, 3.8) is 0 Å². The minimum Gasteiger partial charge on any atom is -0.414 e. The molecule has 2 N–H and O–H groups in total. The summed E-state index contributed by atoms with van der Waals surface area (Å²) < 4.78 is 27.0. The van der Waals surface area contributed by atoms with Crippen molar-refractivity contribution in [2.24, 2.45) is 5.92 Å². The first-order chi connectivity index (χ1) is 18.5. The fourth-order valence-corrected chi connectivity index (χ4v) is 7.96. The molecule has 40 heavy (non-hydrogen) atoms. The van der Waals surface area contributed by atoms with Gasteiger partial charge in [0.2, 0.25) is 11.8 Å². The number of hydrogen-bond acceptors (Lipinski definition) is 9. The van der Waals surface area contributed by atoms with Crippen LogP contribution in [0.4, 0.5) is 0 Å². The van der Waals surface area contributed by atoms with Gasteiger partial charge in [0.15, 0.2) is 13.8 Å². The van der Waals surface area contributed by atoms with Crippen LogP contribution in [0.25, 0.3) is 11.2 Å². The second-order valence-electron chi connectivity index (χ2n) is 12.8. The molecule has 2 aromatic rings. The normalized spacial score (nSPS) is 30.1. The van der Waals surface area contributed by atoms with E-state index < -0.39 is 45.2 Å². The molecule has 2 fully saturated rings. The van der Waals surface area contributed by atoms with Gasteiger partial charge >= 0.3 is 12.8 Å². The SMILES string of the molecule is C=C(C)[C@@H]1CC[C@](C)(S)[C@@H](O[P+](=S)O[C@H]2C[C@H](n3cnc4c(=O)[nH]c(=O)[nH]c43)O[C@@H]2CO[Si](C)(C)C(C)(C)C)C1. The molecule has 1 saturated heterocycles. The molecule has 1 saturated carbocycles. The number of imidazole rings is 1. The van der Waals surface area contributed by atoms with Crippen molar-refractivity contribution in [1.29, 1.82) is 0 Å². The first kappa shape index (κ1) is 31.7. The number of nitrogens with zero attached hydrogens (tertiary/aromatic N) is 2. The average molecular weight is 630 g/mol. The number of nitrogens with one attached hydrogen (secondary N) is 2. The molecule has 0 radical (unpaired) electrons. The minimum atomic E-state index is -2.08. The topological polar surface area (TPSA) is 120 Å². The molecule has 4 rings (SSSR count). The van der Waals surface area contributed by atoms with Crippen LogP contribution in [0.5, 0.6) is 0 Å². The van der Waals surface area contributed by atoms with Gasteiger partial charge in [-0.25, -0.2) is 9.78 Å². The Balaban J connectivity index is 1.54. The van der Waals surface area contributed by atoms with E-state index in [2.05, 4.69) is 69.2 Å². The quantitative estimate of drug-likeness (QED) is 0.147. The number of fused-ring (bicyclic) bond motifs is 1. The van der Waals surface area contributed by atoms with Crippen molar-refractivity contribution in [3.05, 3.63) is 39.3 Å². The second-order valence-corrected chi connectivity index (χ2v) is 20.4. The molecule has 1 aliphatic carbocycles. The highest BCUT2D eigenvalue weighted by atomic mass is 32.4. The van der Waals surface area contributed by atoms with Gasteiger partial charge in [-0.15, -0.1) is 9.05 Å². The third kappa shape index (κ3) is 6.89. The van der Waals surface area contributed by atoms with Crippen molar-refractivity contribution in [3.8, 4) is 0 Å². The Kier molecular flexibility index (Phi) is 9.39. The van der Waals surface area contributed by atoms with Gasteiger partial charge in [0, 0.05) is 11.2 Å². The second kappa shape index (κ2) is 11.8. The molecule has 14 heteroatoms. The number of ether oxygens (including phenoxy) is 1. The third-order valence-corrected chi connectivity index (χ3v) is 15.1. The molecule has 2 aromatic heterocycles.